The molecule has 0 amide bonds. The van der Waals surface area contributed by atoms with Crippen LogP contribution in [0.3, 0.4) is 0 Å². The van der Waals surface area contributed by atoms with E-state index in [1.165, 1.54) is 0 Å². The van der Waals surface area contributed by atoms with Crippen LogP contribution in [-0.4, -0.2) is 11.3 Å². The summed E-state index contributed by atoms with van der Waals surface area (Å²) >= 11 is 11.6. The third-order valence-electron chi connectivity index (χ3n) is 1.58. The van der Waals surface area contributed by atoms with Crippen molar-refractivity contribution in [3.8, 4) is 0 Å². The van der Waals surface area contributed by atoms with Crippen molar-refractivity contribution in [3.63, 3.8) is 0 Å². The Labute approximate surface area is 79.4 Å². The summed E-state index contributed by atoms with van der Waals surface area (Å²) in [5.41, 5.74) is 1.36. The molecule has 0 radical (unpaired) electrons. The van der Waals surface area contributed by atoms with E-state index in [9.17, 15) is 0 Å². The van der Waals surface area contributed by atoms with Gasteiger partial charge in [-0.1, -0.05) is 23.2 Å². The zero-order valence-corrected chi connectivity index (χ0v) is 7.47. The van der Waals surface area contributed by atoms with Crippen LogP contribution in [0.25, 0.3) is 0 Å². The van der Waals surface area contributed by atoms with Crippen LogP contribution >= 0.6 is 23.2 Å². The third kappa shape index (κ3) is 1.26. The zero-order chi connectivity index (χ0) is 8.55. The van der Waals surface area contributed by atoms with Gasteiger partial charge in [0.2, 0.25) is 0 Å². The largest absolute Gasteiger partial charge is 0.356 e. The van der Waals surface area contributed by atoms with Gasteiger partial charge >= 0.3 is 0 Å². The predicted octanol–water partition coefficient (Wildman–Crippen LogP) is 2.24. The SMILES string of the molecule is Clc1cc2c(cn1)N=CNC2Cl. The van der Waals surface area contributed by atoms with Gasteiger partial charge in [0.1, 0.15) is 10.7 Å². The number of aromatic nitrogens is 1. The molecular weight excluding hydrogens is 197 g/mol. The van der Waals surface area contributed by atoms with Gasteiger partial charge in [-0.3, -0.25) is 0 Å². The first-order chi connectivity index (χ1) is 5.77. The highest BCUT2D eigenvalue weighted by molar-refractivity contribution is 6.29. The fraction of sp³-hybridized carbons (Fsp3) is 0.143. The van der Waals surface area contributed by atoms with Gasteiger partial charge in [0.25, 0.3) is 0 Å². The fourth-order valence-corrected chi connectivity index (χ4v) is 1.41. The standard InChI is InChI=1S/C7H5Cl2N3/c8-6-1-4-5(2-10-6)11-3-12-7(4)9/h1-3,7H,(H,11,12). The van der Waals surface area contributed by atoms with Crippen molar-refractivity contribution >= 4 is 35.2 Å². The van der Waals surface area contributed by atoms with Crippen molar-refractivity contribution in [1.29, 1.82) is 0 Å². The Morgan fingerprint density at radius 3 is 3.17 bits per heavy atom. The summed E-state index contributed by atoms with van der Waals surface area (Å²) < 4.78 is 0. The monoisotopic (exact) mass is 201 g/mol. The van der Waals surface area contributed by atoms with Gasteiger partial charge < -0.3 is 5.32 Å². The maximum atomic E-state index is 5.93. The van der Waals surface area contributed by atoms with Gasteiger partial charge in [-0.05, 0) is 6.07 Å². The van der Waals surface area contributed by atoms with Crippen molar-refractivity contribution in [3.05, 3.63) is 23.0 Å². The number of halogens is 2. The van der Waals surface area contributed by atoms with Crippen LogP contribution in [0.1, 0.15) is 11.1 Å². The molecule has 0 bridgehead atoms. The number of hydrogen-bond donors (Lipinski definition) is 1. The summed E-state index contributed by atoms with van der Waals surface area (Å²) in [6, 6.07) is 1.71. The molecule has 0 spiro atoms. The van der Waals surface area contributed by atoms with Crippen LogP contribution in [0.15, 0.2) is 17.3 Å². The number of nitrogens with one attached hydrogen (secondary N) is 1. The van der Waals surface area contributed by atoms with Crippen LogP contribution in [-0.2, 0) is 0 Å². The molecule has 2 rings (SSSR count). The van der Waals surface area contributed by atoms with E-state index in [1.54, 1.807) is 18.6 Å². The maximum Gasteiger partial charge on any atom is 0.130 e. The maximum absolute atomic E-state index is 5.93. The molecule has 1 N–H and O–H groups in total. The van der Waals surface area contributed by atoms with Crippen LogP contribution in [0.5, 0.6) is 0 Å². The molecule has 1 atom stereocenters. The fourth-order valence-electron chi connectivity index (χ4n) is 1.01. The molecule has 0 aliphatic carbocycles. The number of aliphatic imine (C=N–C) groups is 1. The Kier molecular flexibility index (Phi) is 1.90. The van der Waals surface area contributed by atoms with Crippen LogP contribution in [0.2, 0.25) is 5.15 Å². The number of nitrogens with zero attached hydrogens (tertiary/aromatic N) is 2. The van der Waals surface area contributed by atoms with E-state index in [2.05, 4.69) is 15.3 Å². The van der Waals surface area contributed by atoms with E-state index >= 15 is 0 Å². The lowest BCUT2D eigenvalue weighted by Crippen LogP contribution is -2.17. The summed E-state index contributed by atoms with van der Waals surface area (Å²) in [6.45, 7) is 0. The number of rotatable bonds is 0. The van der Waals surface area contributed by atoms with Crippen molar-refractivity contribution in [2.45, 2.75) is 5.50 Å². The normalized spacial score (nSPS) is 20.0. The summed E-state index contributed by atoms with van der Waals surface area (Å²) in [6.07, 6.45) is 3.15. The first-order valence-electron chi connectivity index (χ1n) is 3.35. The Morgan fingerprint density at radius 2 is 2.33 bits per heavy atom. The van der Waals surface area contributed by atoms with Crippen LogP contribution in [0.4, 0.5) is 5.69 Å². The topological polar surface area (TPSA) is 37.3 Å². The molecule has 1 aliphatic rings. The molecule has 0 saturated carbocycles. The van der Waals surface area contributed by atoms with E-state index in [1.807, 2.05) is 0 Å². The summed E-state index contributed by atoms with van der Waals surface area (Å²) in [4.78, 5) is 7.94. The van der Waals surface area contributed by atoms with Crippen LogP contribution < -0.4 is 5.32 Å². The molecule has 3 nitrogen and oxygen atoms in total. The number of alkyl halides is 1. The molecular formula is C7H5Cl2N3. The Bertz CT molecular complexity index is 337. The van der Waals surface area contributed by atoms with Crippen molar-refractivity contribution in [2.24, 2.45) is 4.99 Å². The number of fused-ring (bicyclic) bond motifs is 1. The second-order valence-corrected chi connectivity index (χ2v) is 3.18. The van der Waals surface area contributed by atoms with Crippen LogP contribution in [0, 0.1) is 0 Å². The molecule has 1 unspecified atom stereocenters. The Morgan fingerprint density at radius 1 is 1.50 bits per heavy atom. The average molecular weight is 202 g/mol. The predicted molar refractivity (Wildman–Crippen MR) is 49.1 cm³/mol. The molecule has 5 heteroatoms. The molecule has 0 aromatic carbocycles. The molecule has 0 saturated heterocycles. The van der Waals surface area contributed by atoms with Gasteiger partial charge in [0.15, 0.2) is 0 Å². The van der Waals surface area contributed by atoms with Crippen molar-refractivity contribution < 1.29 is 0 Å². The second kappa shape index (κ2) is 2.92. The van der Waals surface area contributed by atoms with E-state index in [-0.39, 0.29) is 5.50 Å². The van der Waals surface area contributed by atoms with Gasteiger partial charge in [0.05, 0.1) is 18.2 Å². The lowest BCUT2D eigenvalue weighted by atomic mass is 10.2. The number of hydrogen-bond acceptors (Lipinski definition) is 3. The van der Waals surface area contributed by atoms with Gasteiger partial charge in [-0.25, -0.2) is 9.98 Å². The lowest BCUT2D eigenvalue weighted by molar-refractivity contribution is 0.868. The molecule has 1 aliphatic heterocycles. The minimum absolute atomic E-state index is 0.266. The smallest absolute Gasteiger partial charge is 0.130 e. The lowest BCUT2D eigenvalue weighted by Gasteiger charge is -2.16. The number of pyridine rings is 1. The first-order valence-corrected chi connectivity index (χ1v) is 4.17. The molecule has 1 aromatic rings. The second-order valence-electron chi connectivity index (χ2n) is 2.35. The van der Waals surface area contributed by atoms with Crippen molar-refractivity contribution in [2.75, 3.05) is 0 Å². The van der Waals surface area contributed by atoms with Crippen molar-refractivity contribution in [1.82, 2.24) is 10.3 Å². The molecule has 0 fully saturated rings. The van der Waals surface area contributed by atoms with E-state index in [0.717, 1.165) is 11.3 Å². The van der Waals surface area contributed by atoms with Gasteiger partial charge in [-0.2, -0.15) is 0 Å². The minimum Gasteiger partial charge on any atom is -0.356 e. The zero-order valence-electron chi connectivity index (χ0n) is 5.96. The minimum atomic E-state index is -0.266. The van der Waals surface area contributed by atoms with Gasteiger partial charge in [0, 0.05) is 5.56 Å². The molecule has 2 heterocycles. The third-order valence-corrected chi connectivity index (χ3v) is 2.15. The summed E-state index contributed by atoms with van der Waals surface area (Å²) in [5.74, 6) is 0. The summed E-state index contributed by atoms with van der Waals surface area (Å²) in [5, 5.41) is 3.28. The highest BCUT2D eigenvalue weighted by Crippen LogP contribution is 2.30. The van der Waals surface area contributed by atoms with E-state index in [0.29, 0.717) is 5.15 Å². The molecule has 12 heavy (non-hydrogen) atoms. The first kappa shape index (κ1) is 7.83. The Hall–Kier alpha value is -0.800. The quantitative estimate of drug-likeness (QED) is 0.398. The highest BCUT2D eigenvalue weighted by atomic mass is 35.5. The molecule has 1 aromatic heterocycles. The van der Waals surface area contributed by atoms with E-state index < -0.39 is 0 Å². The van der Waals surface area contributed by atoms with Gasteiger partial charge in [-0.15, -0.1) is 0 Å². The van der Waals surface area contributed by atoms with E-state index in [4.69, 9.17) is 23.2 Å². The molecule has 62 valence electrons. The summed E-state index contributed by atoms with van der Waals surface area (Å²) in [7, 11) is 0. The Balaban J connectivity index is 2.56. The highest BCUT2D eigenvalue weighted by Gasteiger charge is 2.15. The average Bonchev–Trinajstić information content (AvgIpc) is 2.07.